The van der Waals surface area contributed by atoms with E-state index >= 15 is 0 Å². The Balaban J connectivity index is 4.34. The van der Waals surface area contributed by atoms with Gasteiger partial charge in [0, 0.05) is 6.92 Å². The minimum absolute atomic E-state index is 0.384. The Labute approximate surface area is 70.7 Å². The maximum Gasteiger partial charge on any atom is 0.303 e. The van der Waals surface area contributed by atoms with Gasteiger partial charge in [0.15, 0.2) is 5.60 Å². The van der Waals surface area contributed by atoms with E-state index in [1.807, 2.05) is 0 Å². The predicted octanol–water partition coefficient (Wildman–Crippen LogP) is 1.48. The molecule has 0 rings (SSSR count). The zero-order chi connectivity index (χ0) is 9.07. The number of rotatable bonds is 3. The Kier molecular flexibility index (Phi) is 3.52. The molecule has 0 aliphatic heterocycles. The van der Waals surface area contributed by atoms with Crippen molar-refractivity contribution in [3.05, 3.63) is 0 Å². The van der Waals surface area contributed by atoms with Gasteiger partial charge in [0.1, 0.15) is 0 Å². The van der Waals surface area contributed by atoms with Crippen molar-refractivity contribution in [1.82, 2.24) is 0 Å². The van der Waals surface area contributed by atoms with Gasteiger partial charge in [-0.15, -0.1) is 0 Å². The fourth-order valence-corrected chi connectivity index (χ4v) is 0.741. The van der Waals surface area contributed by atoms with Crippen LogP contribution in [0.15, 0.2) is 0 Å². The molecule has 64 valence electrons. The third kappa shape index (κ3) is 2.89. The number of halogens is 1. The number of hydrogen-bond acceptors (Lipinski definition) is 3. The van der Waals surface area contributed by atoms with Crippen LogP contribution in [0.4, 0.5) is 0 Å². The molecular formula is C7H11ClO3. The summed E-state index contributed by atoms with van der Waals surface area (Å²) in [6.45, 7) is 4.46. The fraction of sp³-hybridized carbons (Fsp3) is 0.714. The van der Waals surface area contributed by atoms with E-state index in [1.54, 1.807) is 6.92 Å². The average molecular weight is 179 g/mol. The van der Waals surface area contributed by atoms with Crippen molar-refractivity contribution in [3.8, 4) is 0 Å². The summed E-state index contributed by atoms with van der Waals surface area (Å²) in [6.07, 6.45) is 0.384. The molecule has 0 saturated carbocycles. The molecule has 0 spiro atoms. The number of esters is 1. The van der Waals surface area contributed by atoms with Gasteiger partial charge < -0.3 is 4.74 Å². The first-order valence-electron chi connectivity index (χ1n) is 3.32. The average Bonchev–Trinajstić information content (AvgIpc) is 1.86. The number of carbonyl (C=O) groups excluding carboxylic acids is 2. The van der Waals surface area contributed by atoms with Gasteiger partial charge in [-0.05, 0) is 24.9 Å². The molecule has 0 bridgehead atoms. The van der Waals surface area contributed by atoms with E-state index in [4.69, 9.17) is 16.3 Å². The summed E-state index contributed by atoms with van der Waals surface area (Å²) >= 11 is 5.21. The molecule has 11 heavy (non-hydrogen) atoms. The van der Waals surface area contributed by atoms with E-state index in [-0.39, 0.29) is 0 Å². The Bertz CT molecular complexity index is 179. The smallest absolute Gasteiger partial charge is 0.303 e. The molecule has 4 heteroatoms. The molecule has 0 saturated heterocycles. The van der Waals surface area contributed by atoms with Crippen LogP contribution in [0.1, 0.15) is 27.2 Å². The second-order valence-corrected chi connectivity index (χ2v) is 2.80. The maximum absolute atomic E-state index is 10.7. The summed E-state index contributed by atoms with van der Waals surface area (Å²) in [5.41, 5.74) is -1.16. The van der Waals surface area contributed by atoms with Gasteiger partial charge in [0.2, 0.25) is 0 Å². The van der Waals surface area contributed by atoms with Gasteiger partial charge in [-0.2, -0.15) is 0 Å². The molecule has 0 aliphatic rings. The van der Waals surface area contributed by atoms with E-state index in [9.17, 15) is 9.59 Å². The lowest BCUT2D eigenvalue weighted by Crippen LogP contribution is -2.36. The topological polar surface area (TPSA) is 43.4 Å². The van der Waals surface area contributed by atoms with Crippen LogP contribution in [0.25, 0.3) is 0 Å². The van der Waals surface area contributed by atoms with Crippen LogP contribution in [-0.2, 0) is 14.3 Å². The summed E-state index contributed by atoms with van der Waals surface area (Å²) in [6, 6.07) is 0. The Morgan fingerprint density at radius 1 is 1.55 bits per heavy atom. The Morgan fingerprint density at radius 3 is 2.09 bits per heavy atom. The Hall–Kier alpha value is -0.570. The van der Waals surface area contributed by atoms with Gasteiger partial charge in [-0.3, -0.25) is 9.59 Å². The van der Waals surface area contributed by atoms with Crippen LogP contribution in [0.2, 0.25) is 0 Å². The number of ether oxygens (including phenoxy) is 1. The van der Waals surface area contributed by atoms with E-state index in [2.05, 4.69) is 0 Å². The van der Waals surface area contributed by atoms with Crippen LogP contribution in [0, 0.1) is 0 Å². The van der Waals surface area contributed by atoms with Crippen molar-refractivity contribution in [2.75, 3.05) is 0 Å². The van der Waals surface area contributed by atoms with Gasteiger partial charge in [-0.1, -0.05) is 6.92 Å². The summed E-state index contributed by atoms with van der Waals surface area (Å²) in [4.78, 5) is 21.2. The fourth-order valence-electron chi connectivity index (χ4n) is 0.568. The summed E-state index contributed by atoms with van der Waals surface area (Å²) in [5, 5.41) is -0.643. The molecule has 1 unspecified atom stereocenters. The van der Waals surface area contributed by atoms with Crippen molar-refractivity contribution in [2.24, 2.45) is 0 Å². The zero-order valence-electron chi connectivity index (χ0n) is 6.81. The van der Waals surface area contributed by atoms with Crippen LogP contribution in [0.3, 0.4) is 0 Å². The number of hydrogen-bond donors (Lipinski definition) is 0. The van der Waals surface area contributed by atoms with E-state index < -0.39 is 16.8 Å². The first-order valence-corrected chi connectivity index (χ1v) is 3.69. The molecule has 0 aromatic heterocycles. The highest BCUT2D eigenvalue weighted by molar-refractivity contribution is 6.65. The highest BCUT2D eigenvalue weighted by Gasteiger charge is 2.32. The standard InChI is InChI=1S/C7H11ClO3/c1-4-7(3,6(8)10)11-5(2)9/h4H2,1-3H3. The second kappa shape index (κ2) is 3.72. The van der Waals surface area contributed by atoms with Gasteiger partial charge >= 0.3 is 5.97 Å². The van der Waals surface area contributed by atoms with Crippen molar-refractivity contribution in [3.63, 3.8) is 0 Å². The van der Waals surface area contributed by atoms with Crippen molar-refractivity contribution in [2.45, 2.75) is 32.8 Å². The number of carbonyl (C=O) groups is 2. The molecule has 0 aliphatic carbocycles. The highest BCUT2D eigenvalue weighted by Crippen LogP contribution is 2.18. The third-order valence-electron chi connectivity index (χ3n) is 1.46. The molecule has 1 atom stereocenters. The molecule has 0 N–H and O–H groups in total. The van der Waals surface area contributed by atoms with Crippen molar-refractivity contribution < 1.29 is 14.3 Å². The minimum atomic E-state index is -1.16. The largest absolute Gasteiger partial charge is 0.450 e. The summed E-state index contributed by atoms with van der Waals surface area (Å²) in [7, 11) is 0. The van der Waals surface area contributed by atoms with Crippen LogP contribution >= 0.6 is 11.6 Å². The molecule has 0 fully saturated rings. The molecule has 0 aromatic rings. The normalized spacial score (nSPS) is 15.3. The summed E-state index contributed by atoms with van der Waals surface area (Å²) < 4.78 is 4.73. The maximum atomic E-state index is 10.7. The monoisotopic (exact) mass is 178 g/mol. The van der Waals surface area contributed by atoms with Crippen molar-refractivity contribution >= 4 is 22.8 Å². The van der Waals surface area contributed by atoms with E-state index in [0.29, 0.717) is 6.42 Å². The molecule has 0 radical (unpaired) electrons. The van der Waals surface area contributed by atoms with Gasteiger partial charge in [-0.25, -0.2) is 0 Å². The van der Waals surface area contributed by atoms with Crippen LogP contribution < -0.4 is 0 Å². The molecule has 0 aromatic carbocycles. The van der Waals surface area contributed by atoms with Crippen molar-refractivity contribution in [1.29, 1.82) is 0 Å². The first-order chi connectivity index (χ1) is 4.92. The zero-order valence-corrected chi connectivity index (χ0v) is 7.57. The molecule has 0 amide bonds. The molecule has 3 nitrogen and oxygen atoms in total. The second-order valence-electron chi connectivity index (χ2n) is 2.45. The summed E-state index contributed by atoms with van der Waals surface area (Å²) in [5.74, 6) is -0.497. The SMILES string of the molecule is CCC(C)(OC(C)=O)C(=O)Cl. The lowest BCUT2D eigenvalue weighted by atomic mass is 10.1. The minimum Gasteiger partial charge on any atom is -0.450 e. The van der Waals surface area contributed by atoms with E-state index in [0.717, 1.165) is 0 Å². The van der Waals surface area contributed by atoms with Crippen LogP contribution in [0.5, 0.6) is 0 Å². The molecular weight excluding hydrogens is 168 g/mol. The predicted molar refractivity (Wildman–Crippen MR) is 41.3 cm³/mol. The Morgan fingerprint density at radius 2 is 2.00 bits per heavy atom. The quantitative estimate of drug-likeness (QED) is 0.486. The molecule has 0 heterocycles. The van der Waals surface area contributed by atoms with Crippen LogP contribution in [-0.4, -0.2) is 16.8 Å². The first kappa shape index (κ1) is 10.4. The lowest BCUT2D eigenvalue weighted by Gasteiger charge is -2.22. The van der Waals surface area contributed by atoms with Gasteiger partial charge in [0.05, 0.1) is 0 Å². The van der Waals surface area contributed by atoms with Gasteiger partial charge in [0.25, 0.3) is 5.24 Å². The lowest BCUT2D eigenvalue weighted by molar-refractivity contribution is -0.160. The third-order valence-corrected chi connectivity index (χ3v) is 1.86. The van der Waals surface area contributed by atoms with E-state index in [1.165, 1.54) is 13.8 Å². The highest BCUT2D eigenvalue weighted by atomic mass is 35.5.